The summed E-state index contributed by atoms with van der Waals surface area (Å²) in [5, 5.41) is 0. The first-order chi connectivity index (χ1) is 11.0. The highest BCUT2D eigenvalue weighted by Crippen LogP contribution is 2.24. The number of ether oxygens (including phenoxy) is 2. The molecule has 0 amide bonds. The Morgan fingerprint density at radius 2 is 2.26 bits per heavy atom. The summed E-state index contributed by atoms with van der Waals surface area (Å²) in [7, 11) is 0. The summed E-state index contributed by atoms with van der Waals surface area (Å²) in [6.45, 7) is 6.83. The molecule has 0 aliphatic carbocycles. The number of hydrogen-bond donors (Lipinski definition) is 0. The van der Waals surface area contributed by atoms with Crippen LogP contribution in [0.2, 0.25) is 0 Å². The zero-order valence-electron chi connectivity index (χ0n) is 14.2. The number of hydrogen-bond acceptors (Lipinski definition) is 4. The Balaban J connectivity index is 1.87. The van der Waals surface area contributed by atoms with Crippen LogP contribution in [0.15, 0.2) is 6.20 Å². The highest BCUT2D eigenvalue weighted by molar-refractivity contribution is 5.94. The zero-order valence-corrected chi connectivity index (χ0v) is 14.2. The molecule has 2 heterocycles. The van der Waals surface area contributed by atoms with Crippen LogP contribution < -0.4 is 0 Å². The van der Waals surface area contributed by atoms with Crippen LogP contribution in [0.5, 0.6) is 0 Å². The topological polar surface area (TPSA) is 48.4 Å². The second kappa shape index (κ2) is 8.50. The highest BCUT2D eigenvalue weighted by Gasteiger charge is 2.20. The monoisotopic (exact) mass is 323 g/mol. The van der Waals surface area contributed by atoms with E-state index in [4.69, 9.17) is 9.47 Å². The van der Waals surface area contributed by atoms with Gasteiger partial charge in [-0.1, -0.05) is 13.8 Å². The van der Waals surface area contributed by atoms with Crippen molar-refractivity contribution in [2.75, 3.05) is 13.2 Å². The smallest absolute Gasteiger partial charge is 0.184 e. The predicted octanol–water partition coefficient (Wildman–Crippen LogP) is 4.16. The molecule has 0 N–H and O–H groups in total. The molecule has 0 spiro atoms. The number of rotatable bonds is 7. The largest absolute Gasteiger partial charge is 0.353 e. The Morgan fingerprint density at radius 3 is 2.91 bits per heavy atom. The minimum atomic E-state index is -0.471. The Bertz CT molecular complexity index is 539. The fraction of sp³-hybridized carbons (Fsp3) is 0.667. The lowest BCUT2D eigenvalue weighted by Gasteiger charge is -2.22. The lowest BCUT2D eigenvalue weighted by atomic mass is 9.96. The van der Waals surface area contributed by atoms with Crippen molar-refractivity contribution in [2.45, 2.75) is 65.1 Å². The number of aryl methyl sites for hydroxylation is 1. The summed E-state index contributed by atoms with van der Waals surface area (Å²) in [6.07, 6.45) is 5.30. The van der Waals surface area contributed by atoms with E-state index in [1.54, 1.807) is 6.20 Å². The van der Waals surface area contributed by atoms with E-state index in [-0.39, 0.29) is 30.1 Å². The van der Waals surface area contributed by atoms with Gasteiger partial charge in [-0.3, -0.25) is 4.79 Å². The van der Waals surface area contributed by atoms with Gasteiger partial charge in [-0.05, 0) is 49.7 Å². The van der Waals surface area contributed by atoms with Gasteiger partial charge in [0.1, 0.15) is 5.69 Å². The third-order valence-corrected chi connectivity index (χ3v) is 4.09. The van der Waals surface area contributed by atoms with Gasteiger partial charge in [0.05, 0.1) is 6.61 Å². The zero-order chi connectivity index (χ0) is 16.8. The molecular formula is C18H26FNO3. The van der Waals surface area contributed by atoms with Crippen molar-refractivity contribution in [3.63, 3.8) is 0 Å². The van der Waals surface area contributed by atoms with Gasteiger partial charge in [-0.15, -0.1) is 0 Å². The van der Waals surface area contributed by atoms with Crippen LogP contribution in [0.3, 0.4) is 0 Å². The van der Waals surface area contributed by atoms with Crippen molar-refractivity contribution in [3.8, 4) is 0 Å². The summed E-state index contributed by atoms with van der Waals surface area (Å²) >= 11 is 0. The van der Waals surface area contributed by atoms with E-state index in [0.29, 0.717) is 18.6 Å². The molecule has 1 atom stereocenters. The van der Waals surface area contributed by atoms with E-state index in [1.165, 1.54) is 0 Å². The van der Waals surface area contributed by atoms with Gasteiger partial charge in [-0.2, -0.15) is 0 Å². The second-order valence-corrected chi connectivity index (χ2v) is 6.37. The summed E-state index contributed by atoms with van der Waals surface area (Å²) < 4.78 is 25.6. The molecule has 1 aliphatic heterocycles. The van der Waals surface area contributed by atoms with Crippen molar-refractivity contribution >= 4 is 5.78 Å². The third-order valence-electron chi connectivity index (χ3n) is 4.09. The van der Waals surface area contributed by atoms with E-state index in [1.807, 2.05) is 20.8 Å². The van der Waals surface area contributed by atoms with Crippen LogP contribution >= 0.6 is 0 Å². The molecule has 1 aromatic heterocycles. The standard InChI is InChI=1S/C18H26FNO3/c1-12(2)16-13(3)11-20-18(17(16)19)14(21)7-6-10-23-15-8-4-5-9-22-15/h11-12,15H,4-10H2,1-3H3. The predicted molar refractivity (Wildman–Crippen MR) is 86.1 cm³/mol. The van der Waals surface area contributed by atoms with Crippen molar-refractivity contribution in [2.24, 2.45) is 0 Å². The summed E-state index contributed by atoms with van der Waals surface area (Å²) in [5.74, 6) is -0.713. The average Bonchev–Trinajstić information content (AvgIpc) is 2.52. The van der Waals surface area contributed by atoms with E-state index < -0.39 is 5.82 Å². The van der Waals surface area contributed by atoms with E-state index >= 15 is 0 Å². The number of nitrogens with zero attached hydrogens (tertiary/aromatic N) is 1. The van der Waals surface area contributed by atoms with Gasteiger partial charge < -0.3 is 9.47 Å². The molecule has 0 radical (unpaired) electrons. The Morgan fingerprint density at radius 1 is 1.48 bits per heavy atom. The first kappa shape index (κ1) is 18.0. The van der Waals surface area contributed by atoms with Gasteiger partial charge in [-0.25, -0.2) is 9.37 Å². The molecule has 5 heteroatoms. The number of halogens is 1. The van der Waals surface area contributed by atoms with Crippen LogP contribution in [0.25, 0.3) is 0 Å². The fourth-order valence-corrected chi connectivity index (χ4v) is 2.90. The molecule has 0 bridgehead atoms. The Labute approximate surface area is 137 Å². The lowest BCUT2D eigenvalue weighted by molar-refractivity contribution is -0.162. The summed E-state index contributed by atoms with van der Waals surface area (Å²) in [4.78, 5) is 16.2. The number of carbonyl (C=O) groups excluding carboxylic acids is 1. The maximum Gasteiger partial charge on any atom is 0.184 e. The van der Waals surface area contributed by atoms with E-state index in [0.717, 1.165) is 31.4 Å². The minimum absolute atomic E-state index is 0.0244. The highest BCUT2D eigenvalue weighted by atomic mass is 19.1. The quantitative estimate of drug-likeness (QED) is 0.558. The minimum Gasteiger partial charge on any atom is -0.353 e. The number of pyridine rings is 1. The third kappa shape index (κ3) is 4.82. The van der Waals surface area contributed by atoms with E-state index in [2.05, 4.69) is 4.98 Å². The number of carbonyl (C=O) groups is 1. The molecule has 1 unspecified atom stereocenters. The maximum atomic E-state index is 14.5. The maximum absolute atomic E-state index is 14.5. The van der Waals surface area contributed by atoms with E-state index in [9.17, 15) is 9.18 Å². The number of aromatic nitrogens is 1. The van der Waals surface area contributed by atoms with Gasteiger partial charge in [0.15, 0.2) is 17.9 Å². The van der Waals surface area contributed by atoms with Crippen LogP contribution in [-0.4, -0.2) is 30.3 Å². The molecule has 2 rings (SSSR count). The summed E-state index contributed by atoms with van der Waals surface area (Å²) in [5.41, 5.74) is 1.32. The average molecular weight is 323 g/mol. The normalized spacial score (nSPS) is 18.4. The molecule has 0 aromatic carbocycles. The molecule has 1 fully saturated rings. The van der Waals surface area contributed by atoms with Gasteiger partial charge in [0.25, 0.3) is 0 Å². The Hall–Kier alpha value is -1.33. The number of ketones is 1. The molecule has 1 aliphatic rings. The van der Waals surface area contributed by atoms with Crippen molar-refractivity contribution in [1.29, 1.82) is 0 Å². The molecule has 23 heavy (non-hydrogen) atoms. The molecule has 128 valence electrons. The van der Waals surface area contributed by atoms with Crippen LogP contribution in [-0.2, 0) is 9.47 Å². The molecular weight excluding hydrogens is 297 g/mol. The lowest BCUT2D eigenvalue weighted by Crippen LogP contribution is -2.22. The second-order valence-electron chi connectivity index (χ2n) is 6.37. The van der Waals surface area contributed by atoms with Crippen molar-refractivity contribution in [1.82, 2.24) is 4.98 Å². The molecule has 0 saturated carbocycles. The van der Waals surface area contributed by atoms with Gasteiger partial charge >= 0.3 is 0 Å². The first-order valence-corrected chi connectivity index (χ1v) is 8.42. The van der Waals surface area contributed by atoms with Crippen LogP contribution in [0.1, 0.15) is 73.5 Å². The van der Waals surface area contributed by atoms with Crippen molar-refractivity contribution in [3.05, 3.63) is 28.8 Å². The Kier molecular flexibility index (Phi) is 6.66. The van der Waals surface area contributed by atoms with Gasteiger partial charge in [0, 0.05) is 19.2 Å². The molecule has 4 nitrogen and oxygen atoms in total. The first-order valence-electron chi connectivity index (χ1n) is 8.42. The SMILES string of the molecule is Cc1cnc(C(=O)CCCOC2CCCCO2)c(F)c1C(C)C. The number of Topliss-reactive ketones (excluding diaryl/α,β-unsaturated/α-hetero) is 1. The molecule has 1 aromatic rings. The van der Waals surface area contributed by atoms with Gasteiger partial charge in [0.2, 0.25) is 0 Å². The molecule has 1 saturated heterocycles. The summed E-state index contributed by atoms with van der Waals surface area (Å²) in [6, 6.07) is 0. The fourth-order valence-electron chi connectivity index (χ4n) is 2.90. The van der Waals surface area contributed by atoms with Crippen LogP contribution in [0.4, 0.5) is 4.39 Å². The van der Waals surface area contributed by atoms with Crippen LogP contribution in [0, 0.1) is 12.7 Å². The van der Waals surface area contributed by atoms with Crippen molar-refractivity contribution < 1.29 is 18.7 Å².